The first-order chi connectivity index (χ1) is 8.44. The number of hydrogen-bond acceptors (Lipinski definition) is 3. The van der Waals surface area contributed by atoms with Crippen molar-refractivity contribution in [1.82, 2.24) is 0 Å². The van der Waals surface area contributed by atoms with Crippen LogP contribution >= 0.6 is 0 Å². The summed E-state index contributed by atoms with van der Waals surface area (Å²) in [4.78, 5) is 10.8. The molecule has 4 nitrogen and oxygen atoms in total. The zero-order valence-corrected chi connectivity index (χ0v) is 11.5. The smallest absolute Gasteiger partial charge is 0.303 e. The van der Waals surface area contributed by atoms with Crippen molar-refractivity contribution >= 4 is 15.8 Å². The van der Waals surface area contributed by atoms with E-state index in [0.29, 0.717) is 0 Å². The zero-order chi connectivity index (χ0) is 13.2. The lowest BCUT2D eigenvalue weighted by Crippen LogP contribution is -2.29. The average molecular weight is 274 g/mol. The molecule has 2 saturated carbocycles. The summed E-state index contributed by atoms with van der Waals surface area (Å²) in [6, 6.07) is 0. The van der Waals surface area contributed by atoms with Crippen LogP contribution in [0, 0.1) is 5.41 Å². The zero-order valence-electron chi connectivity index (χ0n) is 10.7. The summed E-state index contributed by atoms with van der Waals surface area (Å²) >= 11 is 0. The van der Waals surface area contributed by atoms with Crippen LogP contribution in [0.2, 0.25) is 0 Å². The maximum Gasteiger partial charge on any atom is 0.303 e. The van der Waals surface area contributed by atoms with E-state index in [1.807, 2.05) is 0 Å². The highest BCUT2D eigenvalue weighted by molar-refractivity contribution is 7.92. The fourth-order valence-corrected chi connectivity index (χ4v) is 5.55. The summed E-state index contributed by atoms with van der Waals surface area (Å²) in [6.45, 7) is 0. The molecule has 0 aromatic carbocycles. The number of hydrogen-bond donors (Lipinski definition) is 1. The number of aliphatic carboxylic acids is 1. The van der Waals surface area contributed by atoms with Gasteiger partial charge in [-0.05, 0) is 31.1 Å². The fourth-order valence-electron chi connectivity index (χ4n) is 3.02. The van der Waals surface area contributed by atoms with Crippen molar-refractivity contribution in [1.29, 1.82) is 0 Å². The van der Waals surface area contributed by atoms with E-state index in [-0.39, 0.29) is 17.4 Å². The maximum atomic E-state index is 12.4. The number of rotatable bonds is 5. The van der Waals surface area contributed by atoms with Crippen molar-refractivity contribution in [2.45, 2.75) is 63.0 Å². The van der Waals surface area contributed by atoms with Crippen LogP contribution in [0.25, 0.3) is 0 Å². The first-order valence-electron chi connectivity index (χ1n) is 6.87. The van der Waals surface area contributed by atoms with Gasteiger partial charge in [-0.2, -0.15) is 0 Å². The first kappa shape index (κ1) is 13.8. The van der Waals surface area contributed by atoms with Gasteiger partial charge < -0.3 is 5.11 Å². The van der Waals surface area contributed by atoms with E-state index < -0.39 is 21.2 Å². The first-order valence-corrected chi connectivity index (χ1v) is 8.59. The number of carbonyl (C=O) groups is 1. The van der Waals surface area contributed by atoms with Crippen molar-refractivity contribution in [3.63, 3.8) is 0 Å². The molecule has 0 unspecified atom stereocenters. The molecule has 0 heterocycles. The number of carboxylic acids is 1. The van der Waals surface area contributed by atoms with Crippen molar-refractivity contribution < 1.29 is 18.3 Å². The van der Waals surface area contributed by atoms with Gasteiger partial charge in [-0.25, -0.2) is 8.42 Å². The van der Waals surface area contributed by atoms with Gasteiger partial charge in [0.15, 0.2) is 9.84 Å². The molecule has 0 bridgehead atoms. The molecule has 0 atom stereocenters. The Morgan fingerprint density at radius 2 is 1.67 bits per heavy atom. The molecule has 0 aromatic heterocycles. The minimum atomic E-state index is -3.11. The van der Waals surface area contributed by atoms with E-state index >= 15 is 0 Å². The van der Waals surface area contributed by atoms with E-state index in [0.717, 1.165) is 51.4 Å². The standard InChI is InChI=1S/C13H22O4S/c14-12(15)9-13(7-8-13)10-18(16,17)11-5-3-1-2-4-6-11/h11H,1-10H2,(H,14,15). The predicted molar refractivity (Wildman–Crippen MR) is 69.2 cm³/mol. The van der Waals surface area contributed by atoms with Gasteiger partial charge in [0.2, 0.25) is 0 Å². The van der Waals surface area contributed by atoms with Crippen LogP contribution in [-0.4, -0.2) is 30.5 Å². The lowest BCUT2D eigenvalue weighted by Gasteiger charge is -2.19. The minimum Gasteiger partial charge on any atom is -0.481 e. The molecule has 0 amide bonds. The molecule has 0 aromatic rings. The maximum absolute atomic E-state index is 12.4. The fraction of sp³-hybridized carbons (Fsp3) is 0.923. The van der Waals surface area contributed by atoms with Crippen molar-refractivity contribution in [2.75, 3.05) is 5.75 Å². The molecule has 1 N–H and O–H groups in total. The third-order valence-electron chi connectivity index (χ3n) is 4.30. The Morgan fingerprint density at radius 1 is 1.11 bits per heavy atom. The molecule has 0 saturated heterocycles. The third-order valence-corrected chi connectivity index (χ3v) is 6.80. The van der Waals surface area contributed by atoms with Crippen LogP contribution in [-0.2, 0) is 14.6 Å². The van der Waals surface area contributed by atoms with Crippen LogP contribution in [0.4, 0.5) is 0 Å². The van der Waals surface area contributed by atoms with Gasteiger partial charge in [0.25, 0.3) is 0 Å². The van der Waals surface area contributed by atoms with E-state index in [2.05, 4.69) is 0 Å². The summed E-state index contributed by atoms with van der Waals surface area (Å²) < 4.78 is 24.8. The highest BCUT2D eigenvalue weighted by Gasteiger charge is 2.48. The Morgan fingerprint density at radius 3 is 2.11 bits per heavy atom. The summed E-state index contributed by atoms with van der Waals surface area (Å²) in [5, 5.41) is 8.63. The second-order valence-electron chi connectivity index (χ2n) is 5.99. The second kappa shape index (κ2) is 5.19. The highest BCUT2D eigenvalue weighted by atomic mass is 32.2. The second-order valence-corrected chi connectivity index (χ2v) is 8.27. The topological polar surface area (TPSA) is 71.4 Å². The predicted octanol–water partition coefficient (Wildman–Crippen LogP) is 2.38. The normalized spacial score (nSPS) is 24.4. The molecule has 0 spiro atoms. The quantitative estimate of drug-likeness (QED) is 0.781. The molecule has 18 heavy (non-hydrogen) atoms. The van der Waals surface area contributed by atoms with Crippen LogP contribution in [0.3, 0.4) is 0 Å². The summed E-state index contributed by atoms with van der Waals surface area (Å²) in [5.41, 5.74) is -0.434. The van der Waals surface area contributed by atoms with Crippen LogP contribution in [0.15, 0.2) is 0 Å². The molecule has 5 heteroatoms. The Bertz CT molecular complexity index is 401. The van der Waals surface area contributed by atoms with Gasteiger partial charge in [-0.1, -0.05) is 25.7 Å². The highest BCUT2D eigenvalue weighted by Crippen LogP contribution is 2.50. The SMILES string of the molecule is O=C(O)CC1(CS(=O)(=O)C2CCCCCC2)CC1. The summed E-state index contributed by atoms with van der Waals surface area (Å²) in [5.74, 6) is -0.777. The van der Waals surface area contributed by atoms with E-state index in [9.17, 15) is 13.2 Å². The largest absolute Gasteiger partial charge is 0.481 e. The van der Waals surface area contributed by atoms with Crippen LogP contribution in [0.5, 0.6) is 0 Å². The van der Waals surface area contributed by atoms with Crippen molar-refractivity contribution in [2.24, 2.45) is 5.41 Å². The Balaban J connectivity index is 2.00. The molecule has 2 aliphatic carbocycles. The summed E-state index contributed by atoms with van der Waals surface area (Å²) in [7, 11) is -3.11. The molecule has 0 aliphatic heterocycles. The number of carboxylic acid groups (broad SMARTS) is 1. The molecule has 2 rings (SSSR count). The molecular weight excluding hydrogens is 252 g/mol. The molecular formula is C13H22O4S. The van der Waals surface area contributed by atoms with E-state index in [1.54, 1.807) is 0 Å². The monoisotopic (exact) mass is 274 g/mol. The molecule has 0 radical (unpaired) electrons. The van der Waals surface area contributed by atoms with Gasteiger partial charge >= 0.3 is 5.97 Å². The average Bonchev–Trinajstić information content (AvgIpc) is 3.00. The van der Waals surface area contributed by atoms with Crippen molar-refractivity contribution in [3.8, 4) is 0 Å². The van der Waals surface area contributed by atoms with Crippen molar-refractivity contribution in [3.05, 3.63) is 0 Å². The molecule has 2 fully saturated rings. The van der Waals surface area contributed by atoms with Gasteiger partial charge in [0.1, 0.15) is 0 Å². The molecule has 104 valence electrons. The van der Waals surface area contributed by atoms with Gasteiger partial charge in [-0.15, -0.1) is 0 Å². The van der Waals surface area contributed by atoms with Crippen LogP contribution in [0.1, 0.15) is 57.8 Å². The van der Waals surface area contributed by atoms with Crippen LogP contribution < -0.4 is 0 Å². The van der Waals surface area contributed by atoms with E-state index in [1.165, 1.54) is 0 Å². The Hall–Kier alpha value is -0.580. The summed E-state index contributed by atoms with van der Waals surface area (Å²) in [6.07, 6.45) is 7.32. The molecule has 2 aliphatic rings. The lowest BCUT2D eigenvalue weighted by molar-refractivity contribution is -0.138. The van der Waals surface area contributed by atoms with Gasteiger partial charge in [0.05, 0.1) is 17.4 Å². The number of sulfone groups is 1. The van der Waals surface area contributed by atoms with E-state index in [4.69, 9.17) is 5.11 Å². The lowest BCUT2D eigenvalue weighted by atomic mass is 10.1. The minimum absolute atomic E-state index is 0.0128. The Kier molecular flexibility index (Phi) is 3.99. The van der Waals surface area contributed by atoms with Gasteiger partial charge in [-0.3, -0.25) is 4.79 Å². The third kappa shape index (κ3) is 3.46. The Labute approximate surface area is 109 Å². The van der Waals surface area contributed by atoms with Gasteiger partial charge in [0, 0.05) is 0 Å².